The Morgan fingerprint density at radius 1 is 1.12 bits per heavy atom. The third-order valence-electron chi connectivity index (χ3n) is 4.05. The average Bonchev–Trinajstić information content (AvgIpc) is 3.15. The van der Waals surface area contributed by atoms with Gasteiger partial charge in [0, 0.05) is 28.9 Å². The molecule has 26 heavy (non-hydrogen) atoms. The molecule has 1 saturated heterocycles. The molecule has 1 atom stereocenters. The van der Waals surface area contributed by atoms with Crippen molar-refractivity contribution in [3.05, 3.63) is 58.6 Å². The summed E-state index contributed by atoms with van der Waals surface area (Å²) in [5.41, 5.74) is 1.04. The largest absolute Gasteiger partial charge is 0.377 e. The van der Waals surface area contributed by atoms with E-state index in [-0.39, 0.29) is 23.5 Å². The molecule has 0 radical (unpaired) electrons. The molecule has 0 bridgehead atoms. The normalized spacial score (nSPS) is 17.2. The molecule has 6 nitrogen and oxygen atoms in total. The van der Waals surface area contributed by atoms with E-state index in [9.17, 15) is 13.2 Å². The van der Waals surface area contributed by atoms with Crippen LogP contribution in [0.15, 0.2) is 57.9 Å². The van der Waals surface area contributed by atoms with Crippen LogP contribution in [-0.2, 0) is 14.8 Å². The number of anilines is 1. The molecular formula is C18H19BrN2O4S. The second-order valence-electron chi connectivity index (χ2n) is 5.97. The van der Waals surface area contributed by atoms with Gasteiger partial charge in [0.2, 0.25) is 10.0 Å². The van der Waals surface area contributed by atoms with Crippen molar-refractivity contribution in [1.82, 2.24) is 4.72 Å². The van der Waals surface area contributed by atoms with E-state index >= 15 is 0 Å². The Balaban J connectivity index is 1.61. The zero-order valence-electron chi connectivity index (χ0n) is 13.9. The van der Waals surface area contributed by atoms with Crippen LogP contribution in [0, 0.1) is 0 Å². The summed E-state index contributed by atoms with van der Waals surface area (Å²) >= 11 is 3.32. The average molecular weight is 439 g/mol. The summed E-state index contributed by atoms with van der Waals surface area (Å²) in [6, 6.07) is 13.0. The number of amides is 1. The van der Waals surface area contributed by atoms with Gasteiger partial charge < -0.3 is 10.1 Å². The highest BCUT2D eigenvalue weighted by Crippen LogP contribution is 2.17. The Labute approximate surface area is 161 Å². The minimum Gasteiger partial charge on any atom is -0.377 e. The number of hydrogen-bond donors (Lipinski definition) is 2. The predicted molar refractivity (Wildman–Crippen MR) is 103 cm³/mol. The van der Waals surface area contributed by atoms with Gasteiger partial charge >= 0.3 is 0 Å². The van der Waals surface area contributed by atoms with Gasteiger partial charge in [0.15, 0.2) is 0 Å². The first-order valence-corrected chi connectivity index (χ1v) is 10.5. The first-order chi connectivity index (χ1) is 12.4. The van der Waals surface area contributed by atoms with Gasteiger partial charge in [-0.3, -0.25) is 4.79 Å². The fourth-order valence-electron chi connectivity index (χ4n) is 2.61. The topological polar surface area (TPSA) is 84.5 Å². The van der Waals surface area contributed by atoms with Crippen molar-refractivity contribution in [2.45, 2.75) is 23.8 Å². The number of hydrogen-bond acceptors (Lipinski definition) is 4. The lowest BCUT2D eigenvalue weighted by molar-refractivity contribution is 0.102. The third kappa shape index (κ3) is 4.91. The Morgan fingerprint density at radius 3 is 2.42 bits per heavy atom. The smallest absolute Gasteiger partial charge is 0.255 e. The van der Waals surface area contributed by atoms with Crippen molar-refractivity contribution in [2.75, 3.05) is 18.5 Å². The lowest BCUT2D eigenvalue weighted by atomic mass is 10.2. The van der Waals surface area contributed by atoms with Crippen LogP contribution in [0.4, 0.5) is 5.69 Å². The molecule has 1 fully saturated rings. The lowest BCUT2D eigenvalue weighted by Crippen LogP contribution is -2.31. The number of nitrogens with one attached hydrogen (secondary N) is 2. The molecular weight excluding hydrogens is 420 g/mol. The number of sulfonamides is 1. The van der Waals surface area contributed by atoms with Crippen LogP contribution < -0.4 is 10.0 Å². The van der Waals surface area contributed by atoms with Crippen molar-refractivity contribution in [3.8, 4) is 0 Å². The minimum absolute atomic E-state index is 0.0609. The first kappa shape index (κ1) is 19.0. The molecule has 2 N–H and O–H groups in total. The van der Waals surface area contributed by atoms with Crippen molar-refractivity contribution in [3.63, 3.8) is 0 Å². The van der Waals surface area contributed by atoms with Crippen LogP contribution in [0.25, 0.3) is 0 Å². The van der Waals surface area contributed by atoms with Crippen LogP contribution in [0.1, 0.15) is 23.2 Å². The molecule has 2 aromatic rings. The van der Waals surface area contributed by atoms with Crippen LogP contribution in [0.3, 0.4) is 0 Å². The van der Waals surface area contributed by atoms with E-state index in [1.165, 1.54) is 12.1 Å². The number of benzene rings is 2. The van der Waals surface area contributed by atoms with Gasteiger partial charge in [0.25, 0.3) is 5.91 Å². The van der Waals surface area contributed by atoms with Crippen molar-refractivity contribution < 1.29 is 17.9 Å². The van der Waals surface area contributed by atoms with Crippen LogP contribution >= 0.6 is 15.9 Å². The number of carbonyl (C=O) groups is 1. The number of rotatable bonds is 6. The maximum atomic E-state index is 12.3. The van der Waals surface area contributed by atoms with Gasteiger partial charge in [-0.25, -0.2) is 13.1 Å². The monoisotopic (exact) mass is 438 g/mol. The van der Waals surface area contributed by atoms with Gasteiger partial charge in [-0.05, 0) is 61.4 Å². The van der Waals surface area contributed by atoms with Crippen molar-refractivity contribution in [1.29, 1.82) is 0 Å². The summed E-state index contributed by atoms with van der Waals surface area (Å²) in [5, 5.41) is 2.74. The van der Waals surface area contributed by atoms with Gasteiger partial charge in [-0.2, -0.15) is 0 Å². The molecule has 138 valence electrons. The molecule has 0 saturated carbocycles. The quantitative estimate of drug-likeness (QED) is 0.725. The third-order valence-corrected chi connectivity index (χ3v) is 6.02. The lowest BCUT2D eigenvalue weighted by Gasteiger charge is -2.12. The summed E-state index contributed by atoms with van der Waals surface area (Å²) in [6.07, 6.45) is 1.76. The molecule has 1 aliphatic heterocycles. The SMILES string of the molecule is O=C(Nc1ccc(S(=O)(=O)NCC2CCCO2)cc1)c1ccc(Br)cc1. The van der Waals surface area contributed by atoms with E-state index in [2.05, 4.69) is 26.0 Å². The summed E-state index contributed by atoms with van der Waals surface area (Å²) < 4.78 is 33.5. The molecule has 1 unspecified atom stereocenters. The van der Waals surface area contributed by atoms with Gasteiger partial charge in [-0.1, -0.05) is 15.9 Å². The number of halogens is 1. The van der Waals surface area contributed by atoms with Crippen LogP contribution in [0.5, 0.6) is 0 Å². The van der Waals surface area contributed by atoms with E-state index < -0.39 is 10.0 Å². The molecule has 0 spiro atoms. The molecule has 0 aliphatic carbocycles. The first-order valence-electron chi connectivity index (χ1n) is 8.22. The maximum absolute atomic E-state index is 12.3. The fraction of sp³-hybridized carbons (Fsp3) is 0.278. The Bertz CT molecular complexity index is 861. The van der Waals surface area contributed by atoms with Crippen molar-refractivity contribution >= 4 is 37.5 Å². The predicted octanol–water partition coefficient (Wildman–Crippen LogP) is 3.16. The highest BCUT2D eigenvalue weighted by atomic mass is 79.9. The fourth-order valence-corrected chi connectivity index (χ4v) is 3.94. The Kier molecular flexibility index (Phi) is 6.08. The van der Waals surface area contributed by atoms with E-state index in [4.69, 9.17) is 4.74 Å². The standard InChI is InChI=1S/C18H19BrN2O4S/c19-14-5-3-13(4-6-14)18(22)21-15-7-9-17(10-8-15)26(23,24)20-12-16-2-1-11-25-16/h3-10,16,20H,1-2,11-12H2,(H,21,22). The van der Waals surface area contributed by atoms with E-state index in [0.29, 0.717) is 17.9 Å². The van der Waals surface area contributed by atoms with Gasteiger partial charge in [0.1, 0.15) is 0 Å². The summed E-state index contributed by atoms with van der Waals surface area (Å²) in [6.45, 7) is 0.948. The molecule has 1 amide bonds. The number of ether oxygens (including phenoxy) is 1. The minimum atomic E-state index is -3.60. The van der Waals surface area contributed by atoms with Gasteiger partial charge in [-0.15, -0.1) is 0 Å². The van der Waals surface area contributed by atoms with Gasteiger partial charge in [0.05, 0.1) is 11.0 Å². The Morgan fingerprint density at radius 2 is 1.81 bits per heavy atom. The molecule has 2 aromatic carbocycles. The second-order valence-corrected chi connectivity index (χ2v) is 8.65. The van der Waals surface area contributed by atoms with E-state index in [1.54, 1.807) is 36.4 Å². The van der Waals surface area contributed by atoms with Crippen LogP contribution in [-0.4, -0.2) is 33.6 Å². The summed E-state index contributed by atoms with van der Waals surface area (Å²) in [5.74, 6) is -0.260. The Hall–Kier alpha value is -1.74. The van der Waals surface area contributed by atoms with Crippen LogP contribution in [0.2, 0.25) is 0 Å². The highest BCUT2D eigenvalue weighted by Gasteiger charge is 2.20. The zero-order chi connectivity index (χ0) is 18.6. The second kappa shape index (κ2) is 8.30. The van der Waals surface area contributed by atoms with Crippen molar-refractivity contribution in [2.24, 2.45) is 0 Å². The molecule has 8 heteroatoms. The molecule has 1 aliphatic rings. The number of carbonyl (C=O) groups excluding carboxylic acids is 1. The maximum Gasteiger partial charge on any atom is 0.255 e. The van der Waals surface area contributed by atoms with E-state index in [1.807, 2.05) is 0 Å². The van der Waals surface area contributed by atoms with E-state index in [0.717, 1.165) is 17.3 Å². The molecule has 0 aromatic heterocycles. The summed E-state index contributed by atoms with van der Waals surface area (Å²) in [4.78, 5) is 12.3. The summed E-state index contributed by atoms with van der Waals surface area (Å²) in [7, 11) is -3.60. The zero-order valence-corrected chi connectivity index (χ0v) is 16.3. The highest BCUT2D eigenvalue weighted by molar-refractivity contribution is 9.10. The molecule has 1 heterocycles. The molecule has 3 rings (SSSR count).